The number of carbonyl (C=O) groups is 2. The lowest BCUT2D eigenvalue weighted by Crippen LogP contribution is -2.37. The minimum Gasteiger partial charge on any atom is -0.467 e. The van der Waals surface area contributed by atoms with Crippen LogP contribution in [0.2, 0.25) is 0 Å². The Kier molecular flexibility index (Phi) is 6.12. The number of hydrogen-bond donors (Lipinski definition) is 1. The number of amidine groups is 1. The first-order chi connectivity index (χ1) is 16.2. The number of sulfonamides is 1. The summed E-state index contributed by atoms with van der Waals surface area (Å²) < 4.78 is 39.1. The molecular weight excluding hydrogens is 462 g/mol. The first-order valence-electron chi connectivity index (χ1n) is 10.3. The second kappa shape index (κ2) is 9.03. The summed E-state index contributed by atoms with van der Waals surface area (Å²) in [6.45, 7) is 3.51. The minimum atomic E-state index is -3.50. The van der Waals surface area contributed by atoms with Gasteiger partial charge in [0.25, 0.3) is 15.9 Å². The second-order valence-corrected chi connectivity index (χ2v) is 9.44. The molecular formula is C22H21N5O6S. The highest BCUT2D eigenvalue weighted by atomic mass is 32.2. The molecule has 2 aliphatic rings. The summed E-state index contributed by atoms with van der Waals surface area (Å²) in [7, 11) is -3.50. The molecule has 2 aliphatic heterocycles. The summed E-state index contributed by atoms with van der Waals surface area (Å²) >= 11 is 0. The molecule has 2 aromatic rings. The number of nitriles is 1. The lowest BCUT2D eigenvalue weighted by Gasteiger charge is -2.26. The van der Waals surface area contributed by atoms with Crippen molar-refractivity contribution in [3.8, 4) is 6.07 Å². The number of carbonyl (C=O) groups excluding carboxylic acids is 2. The summed E-state index contributed by atoms with van der Waals surface area (Å²) in [6.07, 6.45) is 5.75. The van der Waals surface area contributed by atoms with Gasteiger partial charge in [0.2, 0.25) is 0 Å². The number of furan rings is 1. The molecule has 2 aromatic heterocycles. The smallest absolute Gasteiger partial charge is 0.340 e. The molecule has 34 heavy (non-hydrogen) atoms. The normalized spacial score (nSPS) is 16.2. The van der Waals surface area contributed by atoms with Crippen LogP contribution < -0.4 is 5.32 Å². The van der Waals surface area contributed by atoms with Gasteiger partial charge in [-0.2, -0.15) is 5.26 Å². The molecule has 11 nitrogen and oxygen atoms in total. The largest absolute Gasteiger partial charge is 0.467 e. The highest BCUT2D eigenvalue weighted by molar-refractivity contribution is 7.90. The molecule has 0 saturated carbocycles. The summed E-state index contributed by atoms with van der Waals surface area (Å²) in [5, 5.41) is 12.3. The van der Waals surface area contributed by atoms with Crippen molar-refractivity contribution in [2.45, 2.75) is 20.4 Å². The van der Waals surface area contributed by atoms with Gasteiger partial charge >= 0.3 is 5.97 Å². The molecule has 4 heterocycles. The predicted octanol–water partition coefficient (Wildman–Crippen LogP) is 1.60. The van der Waals surface area contributed by atoms with Crippen LogP contribution in [0.25, 0.3) is 0 Å². The quantitative estimate of drug-likeness (QED) is 0.610. The number of nitrogens with one attached hydrogen (secondary N) is 1. The third-order valence-corrected chi connectivity index (χ3v) is 6.65. The summed E-state index contributed by atoms with van der Waals surface area (Å²) in [6, 6.07) is 5.64. The van der Waals surface area contributed by atoms with E-state index in [2.05, 4.69) is 15.8 Å². The van der Waals surface area contributed by atoms with Gasteiger partial charge < -0.3 is 23.9 Å². The zero-order chi connectivity index (χ0) is 24.5. The molecule has 0 saturated heterocycles. The van der Waals surface area contributed by atoms with Crippen LogP contribution >= 0.6 is 0 Å². The van der Waals surface area contributed by atoms with Crippen molar-refractivity contribution in [2.24, 2.45) is 4.40 Å². The van der Waals surface area contributed by atoms with Gasteiger partial charge in [-0.25, -0.2) is 13.2 Å². The van der Waals surface area contributed by atoms with Crippen molar-refractivity contribution >= 4 is 33.6 Å². The van der Waals surface area contributed by atoms with Gasteiger partial charge in [0.15, 0.2) is 6.61 Å². The maximum atomic E-state index is 12.6. The second-order valence-electron chi connectivity index (χ2n) is 7.68. The maximum Gasteiger partial charge on any atom is 0.340 e. The van der Waals surface area contributed by atoms with Crippen LogP contribution in [-0.4, -0.2) is 54.5 Å². The number of anilines is 1. The molecule has 0 aliphatic carbocycles. The molecule has 0 atom stereocenters. The average Bonchev–Trinajstić information content (AvgIpc) is 3.39. The van der Waals surface area contributed by atoms with Crippen LogP contribution in [0.15, 0.2) is 51.1 Å². The number of rotatable bonds is 6. The van der Waals surface area contributed by atoms with E-state index in [9.17, 15) is 23.3 Å². The molecule has 1 N–H and O–H groups in total. The average molecular weight is 484 g/mol. The molecule has 4 rings (SSSR count). The van der Waals surface area contributed by atoms with Crippen LogP contribution in [0.3, 0.4) is 0 Å². The summed E-state index contributed by atoms with van der Waals surface area (Å²) in [4.78, 5) is 26.5. The van der Waals surface area contributed by atoms with E-state index >= 15 is 0 Å². The van der Waals surface area contributed by atoms with Crippen LogP contribution in [0.5, 0.6) is 0 Å². The van der Waals surface area contributed by atoms with E-state index in [1.165, 1.54) is 29.5 Å². The topological polar surface area (TPSA) is 147 Å². The maximum absolute atomic E-state index is 12.6. The first-order valence-corrected chi connectivity index (χ1v) is 11.9. The van der Waals surface area contributed by atoms with Crippen molar-refractivity contribution in [1.82, 2.24) is 9.47 Å². The van der Waals surface area contributed by atoms with E-state index < -0.39 is 28.5 Å². The third-order valence-electron chi connectivity index (χ3n) is 5.49. The summed E-state index contributed by atoms with van der Waals surface area (Å²) in [5.41, 5.74) is 1.98. The van der Waals surface area contributed by atoms with Gasteiger partial charge in [-0.05, 0) is 43.7 Å². The highest BCUT2D eigenvalue weighted by Crippen LogP contribution is 2.27. The van der Waals surface area contributed by atoms with E-state index in [1.54, 1.807) is 23.6 Å². The Balaban J connectivity index is 1.43. The van der Waals surface area contributed by atoms with Crippen molar-refractivity contribution < 1.29 is 27.2 Å². The van der Waals surface area contributed by atoms with Gasteiger partial charge in [0.1, 0.15) is 23.5 Å². The lowest BCUT2D eigenvalue weighted by atomic mass is 10.2. The van der Waals surface area contributed by atoms with Crippen LogP contribution in [-0.2, 0) is 30.9 Å². The van der Waals surface area contributed by atoms with Crippen LogP contribution in [0, 0.1) is 25.2 Å². The van der Waals surface area contributed by atoms with Crippen molar-refractivity contribution in [1.29, 1.82) is 5.26 Å². The first kappa shape index (κ1) is 23.1. The molecule has 176 valence electrons. The van der Waals surface area contributed by atoms with Gasteiger partial charge in [0.05, 0.1) is 29.7 Å². The lowest BCUT2D eigenvalue weighted by molar-refractivity contribution is -0.143. The number of fused-ring (bicyclic) bond motifs is 1. The number of aromatic nitrogens is 1. The Morgan fingerprint density at radius 3 is 2.82 bits per heavy atom. The van der Waals surface area contributed by atoms with Crippen LogP contribution in [0.4, 0.5) is 5.82 Å². The fraction of sp³-hybridized carbons (Fsp3) is 0.273. The molecule has 12 heteroatoms. The molecule has 0 bridgehead atoms. The predicted molar refractivity (Wildman–Crippen MR) is 121 cm³/mol. The Morgan fingerprint density at radius 1 is 1.32 bits per heavy atom. The molecule has 0 unspecified atom stereocenters. The van der Waals surface area contributed by atoms with Gasteiger partial charge in [-0.15, -0.1) is 4.40 Å². The Labute approximate surface area is 195 Å². The monoisotopic (exact) mass is 483 g/mol. The fourth-order valence-electron chi connectivity index (χ4n) is 3.59. The SMILES string of the molecule is Cc1c(C#N)c(NC(=O)COC(=O)C2=CN3CCS(=O)(=O)N=C3C=C2)n(Cc2ccco2)c1C. The van der Waals surface area contributed by atoms with Crippen LogP contribution in [0.1, 0.15) is 22.6 Å². The minimum absolute atomic E-state index is 0.150. The van der Waals surface area contributed by atoms with Crippen molar-refractivity contribution in [3.05, 3.63) is 64.9 Å². The zero-order valence-electron chi connectivity index (χ0n) is 18.4. The van der Waals surface area contributed by atoms with Crippen molar-refractivity contribution in [3.63, 3.8) is 0 Å². The van der Waals surface area contributed by atoms with Gasteiger partial charge in [0, 0.05) is 18.4 Å². The Morgan fingerprint density at radius 2 is 2.12 bits per heavy atom. The number of nitrogens with zero attached hydrogens (tertiary/aromatic N) is 4. The van der Waals surface area contributed by atoms with E-state index in [0.717, 1.165) is 11.3 Å². The molecule has 0 fully saturated rings. The number of hydrogen-bond acceptors (Lipinski definition) is 8. The van der Waals surface area contributed by atoms with E-state index in [0.29, 0.717) is 23.7 Å². The molecule has 0 aromatic carbocycles. The number of esters is 1. The standard InChI is InChI=1S/C22H21N5O6S/c1-14-15(2)27(12-17-4-3-8-32-17)21(18(14)10-23)24-20(28)13-33-22(29)16-5-6-19-25-34(30,31)9-7-26(19)11-16/h3-6,8,11H,7,9,12-13H2,1-2H3,(H,24,28). The third kappa shape index (κ3) is 4.65. The number of amides is 1. The summed E-state index contributed by atoms with van der Waals surface area (Å²) in [5.74, 6) is -0.375. The van der Waals surface area contributed by atoms with E-state index in [-0.39, 0.29) is 23.7 Å². The fourth-order valence-corrected chi connectivity index (χ4v) is 4.56. The zero-order valence-corrected chi connectivity index (χ0v) is 19.3. The van der Waals surface area contributed by atoms with E-state index in [1.807, 2.05) is 6.92 Å². The molecule has 0 spiro atoms. The molecule has 1 amide bonds. The Hall–Kier alpha value is -4.11. The highest BCUT2D eigenvalue weighted by Gasteiger charge is 2.26. The Bertz CT molecular complexity index is 1390. The van der Waals surface area contributed by atoms with Gasteiger partial charge in [-0.1, -0.05) is 0 Å². The number of ether oxygens (including phenoxy) is 1. The van der Waals surface area contributed by atoms with Gasteiger partial charge in [-0.3, -0.25) is 4.79 Å². The van der Waals surface area contributed by atoms with Crippen molar-refractivity contribution in [2.75, 3.05) is 24.2 Å². The molecule has 0 radical (unpaired) electrons. The van der Waals surface area contributed by atoms with E-state index in [4.69, 9.17) is 9.15 Å².